The summed E-state index contributed by atoms with van der Waals surface area (Å²) in [5, 5.41) is 0. The molecule has 0 radical (unpaired) electrons. The Bertz CT molecular complexity index is 323. The molecule has 2 nitrogen and oxygen atoms in total. The van der Waals surface area contributed by atoms with Crippen molar-refractivity contribution in [1.29, 1.82) is 0 Å². The lowest BCUT2D eigenvalue weighted by Gasteiger charge is -2.01. The van der Waals surface area contributed by atoms with Gasteiger partial charge in [0.2, 0.25) is 0 Å². The van der Waals surface area contributed by atoms with Crippen LogP contribution in [0.5, 0.6) is 0 Å². The summed E-state index contributed by atoms with van der Waals surface area (Å²) >= 11 is 3.38. The van der Waals surface area contributed by atoms with Gasteiger partial charge in [0.15, 0.2) is 0 Å². The average molecular weight is 271 g/mol. The fraction of sp³-hybridized carbons (Fsp3) is 0.417. The van der Waals surface area contributed by atoms with Crippen LogP contribution in [-0.2, 0) is 16.0 Å². The smallest absolute Gasteiger partial charge is 0.137 e. The highest BCUT2D eigenvalue weighted by Gasteiger charge is 2.03. The number of rotatable bonds is 6. The highest BCUT2D eigenvalue weighted by Crippen LogP contribution is 2.12. The molecule has 0 unspecified atom stereocenters. The first-order valence-electron chi connectivity index (χ1n) is 4.97. The van der Waals surface area contributed by atoms with Crippen molar-refractivity contribution in [2.75, 3.05) is 13.7 Å². The van der Waals surface area contributed by atoms with Crippen molar-refractivity contribution < 1.29 is 9.53 Å². The zero-order valence-corrected chi connectivity index (χ0v) is 10.4. The molecule has 1 rings (SSSR count). The molecule has 1 aromatic carbocycles. The van der Waals surface area contributed by atoms with E-state index in [-0.39, 0.29) is 5.78 Å². The minimum absolute atomic E-state index is 0.269. The van der Waals surface area contributed by atoms with Crippen molar-refractivity contribution in [1.82, 2.24) is 0 Å². The van der Waals surface area contributed by atoms with Gasteiger partial charge in [0.05, 0.1) is 0 Å². The number of carbonyl (C=O) groups excluding carboxylic acids is 1. The van der Waals surface area contributed by atoms with Crippen molar-refractivity contribution in [3.8, 4) is 0 Å². The van der Waals surface area contributed by atoms with E-state index in [1.54, 1.807) is 7.11 Å². The highest BCUT2D eigenvalue weighted by molar-refractivity contribution is 9.10. The Kier molecular flexibility index (Phi) is 5.58. The Morgan fingerprint density at radius 2 is 2.27 bits per heavy atom. The van der Waals surface area contributed by atoms with E-state index in [0.29, 0.717) is 19.4 Å². The first kappa shape index (κ1) is 12.4. The lowest BCUT2D eigenvalue weighted by Crippen LogP contribution is -2.04. The van der Waals surface area contributed by atoms with Crippen molar-refractivity contribution in [2.45, 2.75) is 19.3 Å². The minimum Gasteiger partial charge on any atom is -0.385 e. The third-order valence-corrected chi connectivity index (χ3v) is 2.59. The fourth-order valence-corrected chi connectivity index (χ4v) is 1.82. The molecule has 3 heteroatoms. The Morgan fingerprint density at radius 3 is 2.93 bits per heavy atom. The number of carbonyl (C=O) groups is 1. The number of hydrogen-bond donors (Lipinski definition) is 0. The number of hydrogen-bond acceptors (Lipinski definition) is 2. The zero-order valence-electron chi connectivity index (χ0n) is 8.83. The van der Waals surface area contributed by atoms with E-state index in [1.165, 1.54) is 0 Å². The Labute approximate surface area is 98.8 Å². The first-order valence-corrected chi connectivity index (χ1v) is 5.77. The average Bonchev–Trinajstić information content (AvgIpc) is 2.18. The number of Topliss-reactive ketones (excluding diaryl/α,β-unsaturated/α-hetero) is 1. The second kappa shape index (κ2) is 6.75. The molecule has 0 bridgehead atoms. The Hall–Kier alpha value is -0.670. The topological polar surface area (TPSA) is 26.3 Å². The van der Waals surface area contributed by atoms with E-state index in [2.05, 4.69) is 15.9 Å². The van der Waals surface area contributed by atoms with Crippen LogP contribution in [0.2, 0.25) is 0 Å². The van der Waals surface area contributed by atoms with Gasteiger partial charge < -0.3 is 4.74 Å². The summed E-state index contributed by atoms with van der Waals surface area (Å²) in [6, 6.07) is 7.86. The second-order valence-corrected chi connectivity index (χ2v) is 4.36. The molecule has 0 N–H and O–H groups in total. The number of ketones is 1. The van der Waals surface area contributed by atoms with Crippen LogP contribution >= 0.6 is 15.9 Å². The summed E-state index contributed by atoms with van der Waals surface area (Å²) in [5.41, 5.74) is 1.06. The van der Waals surface area contributed by atoms with Crippen LogP contribution in [0.15, 0.2) is 28.7 Å². The fourth-order valence-electron chi connectivity index (χ4n) is 1.38. The molecule has 0 atom stereocenters. The molecule has 82 valence electrons. The van der Waals surface area contributed by atoms with E-state index >= 15 is 0 Å². The summed E-state index contributed by atoms with van der Waals surface area (Å²) in [6.45, 7) is 0.657. The molecule has 0 fully saturated rings. The van der Waals surface area contributed by atoms with Crippen LogP contribution in [0, 0.1) is 0 Å². The van der Waals surface area contributed by atoms with E-state index in [4.69, 9.17) is 4.74 Å². The maximum atomic E-state index is 11.5. The number of methoxy groups -OCH3 is 1. The molecular weight excluding hydrogens is 256 g/mol. The lowest BCUT2D eigenvalue weighted by atomic mass is 10.1. The first-order chi connectivity index (χ1) is 7.22. The largest absolute Gasteiger partial charge is 0.385 e. The van der Waals surface area contributed by atoms with Crippen LogP contribution in [0.25, 0.3) is 0 Å². The van der Waals surface area contributed by atoms with E-state index in [1.807, 2.05) is 24.3 Å². The zero-order chi connectivity index (χ0) is 11.1. The normalized spacial score (nSPS) is 10.3. The summed E-state index contributed by atoms with van der Waals surface area (Å²) < 4.78 is 5.92. The van der Waals surface area contributed by atoms with Gasteiger partial charge in [-0.15, -0.1) is 0 Å². The number of benzene rings is 1. The van der Waals surface area contributed by atoms with E-state index < -0.39 is 0 Å². The number of ether oxygens (including phenoxy) is 1. The van der Waals surface area contributed by atoms with Gasteiger partial charge >= 0.3 is 0 Å². The third-order valence-electron chi connectivity index (χ3n) is 2.09. The quantitative estimate of drug-likeness (QED) is 0.743. The molecule has 0 aliphatic heterocycles. The highest BCUT2D eigenvalue weighted by atomic mass is 79.9. The molecule has 0 aliphatic carbocycles. The Balaban J connectivity index is 2.37. The molecule has 0 amide bonds. The summed E-state index contributed by atoms with van der Waals surface area (Å²) in [4.78, 5) is 11.5. The SMILES string of the molecule is COCCCC(=O)Cc1cccc(Br)c1. The third kappa shape index (κ3) is 5.09. The van der Waals surface area contributed by atoms with Crippen LogP contribution in [0.1, 0.15) is 18.4 Å². The summed E-state index contributed by atoms with van der Waals surface area (Å²) in [5.74, 6) is 0.269. The van der Waals surface area contributed by atoms with Gasteiger partial charge in [0, 0.05) is 31.0 Å². The van der Waals surface area contributed by atoms with E-state index in [9.17, 15) is 4.79 Å². The van der Waals surface area contributed by atoms with Crippen molar-refractivity contribution in [2.24, 2.45) is 0 Å². The molecule has 1 aromatic rings. The monoisotopic (exact) mass is 270 g/mol. The molecule has 0 aliphatic rings. The van der Waals surface area contributed by atoms with Gasteiger partial charge in [-0.05, 0) is 24.1 Å². The molecule has 0 heterocycles. The van der Waals surface area contributed by atoms with Crippen molar-refractivity contribution >= 4 is 21.7 Å². The van der Waals surface area contributed by atoms with Crippen LogP contribution in [0.4, 0.5) is 0 Å². The predicted molar refractivity (Wildman–Crippen MR) is 64.0 cm³/mol. The molecular formula is C12H15BrO2. The van der Waals surface area contributed by atoms with Crippen LogP contribution in [0.3, 0.4) is 0 Å². The van der Waals surface area contributed by atoms with Gasteiger partial charge in [-0.25, -0.2) is 0 Å². The van der Waals surface area contributed by atoms with Gasteiger partial charge in [0.1, 0.15) is 5.78 Å². The maximum absolute atomic E-state index is 11.5. The molecule has 0 saturated heterocycles. The minimum atomic E-state index is 0.269. The van der Waals surface area contributed by atoms with Gasteiger partial charge in [0.25, 0.3) is 0 Å². The van der Waals surface area contributed by atoms with Crippen molar-refractivity contribution in [3.05, 3.63) is 34.3 Å². The lowest BCUT2D eigenvalue weighted by molar-refractivity contribution is -0.118. The van der Waals surface area contributed by atoms with Crippen molar-refractivity contribution in [3.63, 3.8) is 0 Å². The number of halogens is 1. The summed E-state index contributed by atoms with van der Waals surface area (Å²) in [6.07, 6.45) is 1.92. The van der Waals surface area contributed by atoms with Gasteiger partial charge in [-0.1, -0.05) is 28.1 Å². The predicted octanol–water partition coefficient (Wildman–Crippen LogP) is 2.99. The van der Waals surface area contributed by atoms with E-state index in [0.717, 1.165) is 16.5 Å². The van der Waals surface area contributed by atoms with Gasteiger partial charge in [-0.2, -0.15) is 0 Å². The maximum Gasteiger partial charge on any atom is 0.137 e. The standard InChI is InChI=1S/C12H15BrO2/c1-15-7-3-6-12(14)9-10-4-2-5-11(13)8-10/h2,4-5,8H,3,6-7,9H2,1H3. The second-order valence-electron chi connectivity index (χ2n) is 3.44. The molecule has 0 aromatic heterocycles. The van der Waals surface area contributed by atoms with Crippen LogP contribution < -0.4 is 0 Å². The van der Waals surface area contributed by atoms with Gasteiger partial charge in [-0.3, -0.25) is 4.79 Å². The Morgan fingerprint density at radius 1 is 1.47 bits per heavy atom. The summed E-state index contributed by atoms with van der Waals surface area (Å²) in [7, 11) is 1.65. The van der Waals surface area contributed by atoms with Crippen LogP contribution in [-0.4, -0.2) is 19.5 Å². The molecule has 15 heavy (non-hydrogen) atoms. The molecule has 0 saturated carbocycles. The molecule has 0 spiro atoms.